The van der Waals surface area contributed by atoms with E-state index >= 15 is 0 Å². The minimum Gasteiger partial charge on any atom is -0.462 e. The summed E-state index contributed by atoms with van der Waals surface area (Å²) in [5.41, 5.74) is 0.239. The highest BCUT2D eigenvalue weighted by molar-refractivity contribution is 8.25. The summed E-state index contributed by atoms with van der Waals surface area (Å²) in [6.07, 6.45) is 1.81. The molecule has 0 N–H and O–H groups in total. The molecule has 0 radical (unpaired) electrons. The van der Waals surface area contributed by atoms with Crippen molar-refractivity contribution in [3.8, 4) is 0 Å². The lowest BCUT2D eigenvalue weighted by molar-refractivity contribution is -0.140. The fourth-order valence-electron chi connectivity index (χ4n) is 1.21. The van der Waals surface area contributed by atoms with Gasteiger partial charge in [-0.15, -0.1) is 23.5 Å². The van der Waals surface area contributed by atoms with E-state index in [9.17, 15) is 9.59 Å². The zero-order chi connectivity index (χ0) is 12.0. The smallest absolute Gasteiger partial charge is 0.343 e. The largest absolute Gasteiger partial charge is 0.462 e. The average molecular weight is 260 g/mol. The summed E-state index contributed by atoms with van der Waals surface area (Å²) in [7, 11) is 0. The van der Waals surface area contributed by atoms with Crippen molar-refractivity contribution >= 4 is 35.3 Å². The lowest BCUT2D eigenvalue weighted by atomic mass is 10.2. The van der Waals surface area contributed by atoms with Gasteiger partial charge in [0, 0.05) is 11.5 Å². The zero-order valence-corrected chi connectivity index (χ0v) is 11.2. The Kier molecular flexibility index (Phi) is 5.98. The molecule has 0 saturated carbocycles. The lowest BCUT2D eigenvalue weighted by Crippen LogP contribution is -2.15. The number of unbranched alkanes of at least 4 members (excludes halogenated alkanes) is 1. The van der Waals surface area contributed by atoms with E-state index in [-0.39, 0.29) is 11.4 Å². The highest BCUT2D eigenvalue weighted by Gasteiger charge is 2.24. The molecule has 0 aromatic rings. The van der Waals surface area contributed by atoms with Gasteiger partial charge in [-0.1, -0.05) is 13.3 Å². The van der Waals surface area contributed by atoms with E-state index in [1.165, 1.54) is 6.92 Å². The Balaban J connectivity index is 2.67. The minimum absolute atomic E-state index is 0.196. The van der Waals surface area contributed by atoms with Gasteiger partial charge in [-0.3, -0.25) is 4.79 Å². The molecule has 3 nitrogen and oxygen atoms in total. The van der Waals surface area contributed by atoms with Crippen LogP contribution >= 0.6 is 23.5 Å². The third kappa shape index (κ3) is 3.87. The topological polar surface area (TPSA) is 43.4 Å². The van der Waals surface area contributed by atoms with Crippen LogP contribution in [0, 0.1) is 0 Å². The van der Waals surface area contributed by atoms with Crippen LogP contribution in [0.15, 0.2) is 9.81 Å². The SMILES string of the molecule is CCCCOC(=O)C(C(C)=O)=C1SCCS1. The summed E-state index contributed by atoms with van der Waals surface area (Å²) in [6, 6.07) is 0. The van der Waals surface area contributed by atoms with Crippen LogP contribution in [0.3, 0.4) is 0 Å². The Labute approximate surface area is 104 Å². The Bertz CT molecular complexity index is 302. The molecule has 1 heterocycles. The first-order chi connectivity index (χ1) is 7.66. The minimum atomic E-state index is -0.460. The molecule has 1 aliphatic rings. The number of ketones is 1. The number of ether oxygens (including phenoxy) is 1. The Morgan fingerprint density at radius 3 is 2.44 bits per heavy atom. The van der Waals surface area contributed by atoms with Crippen LogP contribution in [-0.2, 0) is 14.3 Å². The monoisotopic (exact) mass is 260 g/mol. The van der Waals surface area contributed by atoms with Crippen LogP contribution in [0.5, 0.6) is 0 Å². The van der Waals surface area contributed by atoms with Gasteiger partial charge in [0.05, 0.1) is 10.8 Å². The molecule has 1 fully saturated rings. The van der Waals surface area contributed by atoms with Crippen LogP contribution in [0.2, 0.25) is 0 Å². The highest BCUT2D eigenvalue weighted by Crippen LogP contribution is 2.39. The molecule has 0 aromatic heterocycles. The molecule has 0 spiro atoms. The third-order valence-corrected chi connectivity index (χ3v) is 4.76. The number of esters is 1. The number of carbonyl (C=O) groups is 2. The van der Waals surface area contributed by atoms with Gasteiger partial charge in [0.15, 0.2) is 5.78 Å². The molecule has 1 rings (SSSR count). The quantitative estimate of drug-likeness (QED) is 0.250. The van der Waals surface area contributed by atoms with Gasteiger partial charge in [0.1, 0.15) is 5.57 Å². The summed E-state index contributed by atoms with van der Waals surface area (Å²) in [5.74, 6) is 1.26. The molecular weight excluding hydrogens is 244 g/mol. The summed E-state index contributed by atoms with van der Waals surface area (Å²) >= 11 is 3.13. The van der Waals surface area contributed by atoms with Gasteiger partial charge < -0.3 is 4.74 Å². The van der Waals surface area contributed by atoms with Crippen molar-refractivity contribution in [3.05, 3.63) is 9.81 Å². The molecule has 0 amide bonds. The number of thioether (sulfide) groups is 2. The molecule has 0 aromatic carbocycles. The van der Waals surface area contributed by atoms with Gasteiger partial charge in [-0.05, 0) is 13.3 Å². The van der Waals surface area contributed by atoms with Gasteiger partial charge >= 0.3 is 5.97 Å². The van der Waals surface area contributed by atoms with E-state index in [1.54, 1.807) is 23.5 Å². The zero-order valence-electron chi connectivity index (χ0n) is 9.58. The molecule has 1 saturated heterocycles. The van der Waals surface area contributed by atoms with Crippen LogP contribution < -0.4 is 0 Å². The first-order valence-corrected chi connectivity index (χ1v) is 7.31. The molecular formula is C11H16O3S2. The molecule has 16 heavy (non-hydrogen) atoms. The lowest BCUT2D eigenvalue weighted by Gasteiger charge is -2.07. The maximum absolute atomic E-state index is 11.7. The van der Waals surface area contributed by atoms with Gasteiger partial charge in [-0.2, -0.15) is 0 Å². The summed E-state index contributed by atoms with van der Waals surface area (Å²) < 4.78 is 5.90. The summed E-state index contributed by atoms with van der Waals surface area (Å²) in [6.45, 7) is 3.85. The van der Waals surface area contributed by atoms with Crippen molar-refractivity contribution in [1.82, 2.24) is 0 Å². The second-order valence-corrected chi connectivity index (χ2v) is 5.87. The number of hydrogen-bond donors (Lipinski definition) is 0. The normalized spacial score (nSPS) is 15.0. The molecule has 90 valence electrons. The summed E-state index contributed by atoms with van der Waals surface area (Å²) in [4.78, 5) is 23.1. The Hall–Kier alpha value is -0.420. The summed E-state index contributed by atoms with van der Waals surface area (Å²) in [5, 5.41) is 0. The third-order valence-electron chi connectivity index (χ3n) is 2.04. The first-order valence-electron chi connectivity index (χ1n) is 5.34. The van der Waals surface area contributed by atoms with Gasteiger partial charge in [-0.25, -0.2) is 4.79 Å². The first kappa shape index (κ1) is 13.6. The van der Waals surface area contributed by atoms with Crippen molar-refractivity contribution in [1.29, 1.82) is 0 Å². The van der Waals surface area contributed by atoms with E-state index in [2.05, 4.69) is 0 Å². The van der Waals surface area contributed by atoms with Crippen molar-refractivity contribution in [3.63, 3.8) is 0 Å². The van der Waals surface area contributed by atoms with Crippen molar-refractivity contribution in [2.24, 2.45) is 0 Å². The van der Waals surface area contributed by atoms with Crippen LogP contribution in [-0.4, -0.2) is 29.9 Å². The van der Waals surface area contributed by atoms with Crippen molar-refractivity contribution in [2.75, 3.05) is 18.1 Å². The molecule has 0 aliphatic carbocycles. The standard InChI is InChI=1S/C11H16O3S2/c1-3-4-5-14-10(13)9(8(2)12)11-15-6-7-16-11/h3-7H2,1-2H3. The average Bonchev–Trinajstić information content (AvgIpc) is 2.71. The molecule has 0 unspecified atom stereocenters. The Morgan fingerprint density at radius 1 is 1.31 bits per heavy atom. The number of carbonyl (C=O) groups excluding carboxylic acids is 2. The van der Waals surface area contributed by atoms with E-state index in [0.717, 1.165) is 28.6 Å². The van der Waals surface area contributed by atoms with Gasteiger partial charge in [0.2, 0.25) is 0 Å². The van der Waals surface area contributed by atoms with Crippen LogP contribution in [0.25, 0.3) is 0 Å². The molecule has 0 atom stereocenters. The predicted molar refractivity (Wildman–Crippen MR) is 68.5 cm³/mol. The maximum Gasteiger partial charge on any atom is 0.343 e. The Morgan fingerprint density at radius 2 is 1.94 bits per heavy atom. The number of Topliss-reactive ketones (excluding diaryl/α,β-unsaturated/α-hetero) is 1. The second-order valence-electron chi connectivity index (χ2n) is 3.41. The van der Waals surface area contributed by atoms with E-state index < -0.39 is 5.97 Å². The maximum atomic E-state index is 11.7. The second kappa shape index (κ2) is 7.01. The predicted octanol–water partition coefficient (Wildman–Crippen LogP) is 2.61. The number of hydrogen-bond acceptors (Lipinski definition) is 5. The fourth-order valence-corrected chi connectivity index (χ4v) is 3.82. The molecule has 0 bridgehead atoms. The van der Waals surface area contributed by atoms with E-state index in [0.29, 0.717) is 6.61 Å². The van der Waals surface area contributed by atoms with Crippen LogP contribution in [0.4, 0.5) is 0 Å². The van der Waals surface area contributed by atoms with Gasteiger partial charge in [0.25, 0.3) is 0 Å². The van der Waals surface area contributed by atoms with Crippen molar-refractivity contribution in [2.45, 2.75) is 26.7 Å². The van der Waals surface area contributed by atoms with Crippen molar-refractivity contribution < 1.29 is 14.3 Å². The molecule has 5 heteroatoms. The number of rotatable bonds is 5. The highest BCUT2D eigenvalue weighted by atomic mass is 32.2. The van der Waals surface area contributed by atoms with Crippen LogP contribution in [0.1, 0.15) is 26.7 Å². The van der Waals surface area contributed by atoms with E-state index in [4.69, 9.17) is 4.74 Å². The fraction of sp³-hybridized carbons (Fsp3) is 0.636. The molecule has 1 aliphatic heterocycles. The van der Waals surface area contributed by atoms with E-state index in [1.807, 2.05) is 6.92 Å².